The van der Waals surface area contributed by atoms with Gasteiger partial charge in [0.25, 0.3) is 0 Å². The zero-order chi connectivity index (χ0) is 15.9. The Bertz CT molecular complexity index is 724. The summed E-state index contributed by atoms with van der Waals surface area (Å²) in [5, 5.41) is 0.450. The lowest BCUT2D eigenvalue weighted by Crippen LogP contribution is -2.37. The molecule has 0 spiro atoms. The van der Waals surface area contributed by atoms with Crippen LogP contribution in [0.5, 0.6) is 0 Å². The van der Waals surface area contributed by atoms with E-state index in [2.05, 4.69) is 34.1 Å². The van der Waals surface area contributed by atoms with Crippen LogP contribution in [0.3, 0.4) is 0 Å². The highest BCUT2D eigenvalue weighted by atomic mass is 35.5. The van der Waals surface area contributed by atoms with Gasteiger partial charge in [-0.15, -0.1) is 0 Å². The molecule has 1 unspecified atom stereocenters. The third kappa shape index (κ3) is 2.40. The predicted molar refractivity (Wildman–Crippen MR) is 90.0 cm³/mol. The summed E-state index contributed by atoms with van der Waals surface area (Å²) in [4.78, 5) is 19.3. The molecule has 1 aliphatic rings. The van der Waals surface area contributed by atoms with Crippen LogP contribution in [0.25, 0.3) is 0 Å². The summed E-state index contributed by atoms with van der Waals surface area (Å²) in [6.07, 6.45) is 1.53. The Morgan fingerprint density at radius 2 is 1.82 bits per heavy atom. The first-order valence-electron chi connectivity index (χ1n) is 7.40. The molecule has 1 aromatic carbocycles. The van der Waals surface area contributed by atoms with Crippen molar-refractivity contribution in [1.29, 1.82) is 0 Å². The molecule has 2 aromatic rings. The highest BCUT2D eigenvalue weighted by Crippen LogP contribution is 2.38. The summed E-state index contributed by atoms with van der Waals surface area (Å²) < 4.78 is 0. The van der Waals surface area contributed by atoms with Crippen molar-refractivity contribution >= 4 is 23.1 Å². The molecule has 0 saturated heterocycles. The first-order valence-corrected chi connectivity index (χ1v) is 7.78. The molecular weight excluding hydrogens is 296 g/mol. The largest absolute Gasteiger partial charge is 0.378 e. The number of carbonyl (C=O) groups is 1. The standard InChI is InChI=1S/C18H19ClN2O/c1-18(12-4-6-13(7-5-12)21(2)3)11-10-15-14(17(18)22)8-9-16(19)20-15/h4-9H,10-11H2,1-3H3. The van der Waals surface area contributed by atoms with E-state index in [9.17, 15) is 4.79 Å². The van der Waals surface area contributed by atoms with Crippen LogP contribution in [0.15, 0.2) is 36.4 Å². The second-order valence-corrected chi connectivity index (χ2v) is 6.62. The Morgan fingerprint density at radius 3 is 2.45 bits per heavy atom. The van der Waals surface area contributed by atoms with E-state index in [-0.39, 0.29) is 5.78 Å². The first kappa shape index (κ1) is 15.0. The van der Waals surface area contributed by atoms with Gasteiger partial charge in [0.1, 0.15) is 5.15 Å². The van der Waals surface area contributed by atoms with Crippen molar-refractivity contribution in [3.8, 4) is 0 Å². The van der Waals surface area contributed by atoms with E-state index < -0.39 is 5.41 Å². The summed E-state index contributed by atoms with van der Waals surface area (Å²) in [5.74, 6) is 0.135. The molecule has 1 aromatic heterocycles. The van der Waals surface area contributed by atoms with Crippen molar-refractivity contribution in [2.24, 2.45) is 0 Å². The number of rotatable bonds is 2. The van der Waals surface area contributed by atoms with Crippen LogP contribution in [-0.4, -0.2) is 24.9 Å². The molecule has 0 saturated carbocycles. The minimum Gasteiger partial charge on any atom is -0.378 e. The number of nitrogens with zero attached hydrogens (tertiary/aromatic N) is 2. The number of carbonyl (C=O) groups excluding carboxylic acids is 1. The van der Waals surface area contributed by atoms with Crippen molar-refractivity contribution in [2.75, 3.05) is 19.0 Å². The second kappa shape index (κ2) is 5.40. The number of aryl methyl sites for hydroxylation is 1. The second-order valence-electron chi connectivity index (χ2n) is 6.23. The molecule has 22 heavy (non-hydrogen) atoms. The number of anilines is 1. The van der Waals surface area contributed by atoms with Crippen molar-refractivity contribution in [3.05, 3.63) is 58.4 Å². The fourth-order valence-electron chi connectivity index (χ4n) is 3.05. The molecule has 0 bridgehead atoms. The van der Waals surface area contributed by atoms with Gasteiger partial charge < -0.3 is 4.90 Å². The molecule has 1 heterocycles. The molecular formula is C18H19ClN2O. The van der Waals surface area contributed by atoms with Gasteiger partial charge in [0.15, 0.2) is 5.78 Å². The number of halogens is 1. The number of hydrogen-bond acceptors (Lipinski definition) is 3. The van der Waals surface area contributed by atoms with Crippen LogP contribution in [0.4, 0.5) is 5.69 Å². The molecule has 1 atom stereocenters. The molecule has 3 nitrogen and oxygen atoms in total. The van der Waals surface area contributed by atoms with E-state index >= 15 is 0 Å². The molecule has 3 rings (SSSR count). The van der Waals surface area contributed by atoms with Gasteiger partial charge in [-0.3, -0.25) is 4.79 Å². The lowest BCUT2D eigenvalue weighted by Gasteiger charge is -2.33. The fraction of sp³-hybridized carbons (Fsp3) is 0.333. The average molecular weight is 315 g/mol. The zero-order valence-corrected chi connectivity index (χ0v) is 13.8. The number of hydrogen-bond donors (Lipinski definition) is 0. The Balaban J connectivity index is 2.00. The molecule has 0 radical (unpaired) electrons. The summed E-state index contributed by atoms with van der Waals surface area (Å²) in [6, 6.07) is 11.7. The molecule has 0 N–H and O–H groups in total. The predicted octanol–water partition coefficient (Wildman–Crippen LogP) is 3.89. The highest BCUT2D eigenvalue weighted by Gasteiger charge is 2.40. The van der Waals surface area contributed by atoms with Gasteiger partial charge in [-0.05, 0) is 49.6 Å². The van der Waals surface area contributed by atoms with E-state index in [4.69, 9.17) is 11.6 Å². The van der Waals surface area contributed by atoms with Crippen LogP contribution in [0.2, 0.25) is 5.15 Å². The zero-order valence-electron chi connectivity index (χ0n) is 13.1. The lowest BCUT2D eigenvalue weighted by molar-refractivity contribution is 0.0874. The number of pyridine rings is 1. The van der Waals surface area contributed by atoms with E-state index in [0.29, 0.717) is 10.7 Å². The van der Waals surface area contributed by atoms with E-state index in [0.717, 1.165) is 29.8 Å². The monoisotopic (exact) mass is 314 g/mol. The van der Waals surface area contributed by atoms with Crippen molar-refractivity contribution in [2.45, 2.75) is 25.2 Å². The van der Waals surface area contributed by atoms with Gasteiger partial charge in [-0.2, -0.15) is 0 Å². The van der Waals surface area contributed by atoms with Crippen LogP contribution in [0.1, 0.15) is 35.0 Å². The quantitative estimate of drug-likeness (QED) is 0.789. The van der Waals surface area contributed by atoms with Crippen LogP contribution < -0.4 is 4.90 Å². The maximum Gasteiger partial charge on any atom is 0.174 e. The molecule has 0 amide bonds. The first-order chi connectivity index (χ1) is 10.4. The van der Waals surface area contributed by atoms with Gasteiger partial charge >= 0.3 is 0 Å². The third-order valence-electron chi connectivity index (χ3n) is 4.57. The average Bonchev–Trinajstić information content (AvgIpc) is 2.51. The van der Waals surface area contributed by atoms with Crippen molar-refractivity contribution in [1.82, 2.24) is 4.98 Å². The normalized spacial score (nSPS) is 20.6. The van der Waals surface area contributed by atoms with Crippen molar-refractivity contribution < 1.29 is 4.79 Å². The molecule has 114 valence electrons. The van der Waals surface area contributed by atoms with Crippen LogP contribution >= 0.6 is 11.6 Å². The smallest absolute Gasteiger partial charge is 0.174 e. The van der Waals surface area contributed by atoms with Gasteiger partial charge in [-0.25, -0.2) is 4.98 Å². The Morgan fingerprint density at radius 1 is 1.14 bits per heavy atom. The molecule has 0 aliphatic heterocycles. The Kier molecular flexibility index (Phi) is 3.69. The van der Waals surface area contributed by atoms with Gasteiger partial charge in [0, 0.05) is 25.3 Å². The summed E-state index contributed by atoms with van der Waals surface area (Å²) in [7, 11) is 4.02. The van der Waals surface area contributed by atoms with E-state index in [1.165, 1.54) is 0 Å². The summed E-state index contributed by atoms with van der Waals surface area (Å²) in [5.41, 5.74) is 3.22. The molecule has 0 fully saturated rings. The summed E-state index contributed by atoms with van der Waals surface area (Å²) >= 11 is 5.93. The number of Topliss-reactive ketones (excluding diaryl/α,β-unsaturated/α-hetero) is 1. The molecule has 4 heteroatoms. The van der Waals surface area contributed by atoms with Gasteiger partial charge in [-0.1, -0.05) is 23.7 Å². The minimum absolute atomic E-state index is 0.135. The topological polar surface area (TPSA) is 33.2 Å². The number of ketones is 1. The van der Waals surface area contributed by atoms with E-state index in [1.807, 2.05) is 21.0 Å². The van der Waals surface area contributed by atoms with Gasteiger partial charge in [0.2, 0.25) is 0 Å². The number of aromatic nitrogens is 1. The minimum atomic E-state index is -0.493. The highest BCUT2D eigenvalue weighted by molar-refractivity contribution is 6.29. The third-order valence-corrected chi connectivity index (χ3v) is 4.78. The van der Waals surface area contributed by atoms with Gasteiger partial charge in [0.05, 0.1) is 11.1 Å². The van der Waals surface area contributed by atoms with E-state index in [1.54, 1.807) is 12.1 Å². The maximum absolute atomic E-state index is 13.0. The Hall–Kier alpha value is -1.87. The maximum atomic E-state index is 13.0. The van der Waals surface area contributed by atoms with Crippen molar-refractivity contribution in [3.63, 3.8) is 0 Å². The van der Waals surface area contributed by atoms with Crippen LogP contribution in [0, 0.1) is 0 Å². The lowest BCUT2D eigenvalue weighted by atomic mass is 9.69. The SMILES string of the molecule is CN(C)c1ccc(C2(C)CCc3nc(Cl)ccc3C2=O)cc1. The summed E-state index contributed by atoms with van der Waals surface area (Å²) in [6.45, 7) is 2.03. The Labute approximate surface area is 135 Å². The fourth-order valence-corrected chi connectivity index (χ4v) is 3.22. The number of benzene rings is 1. The number of fused-ring (bicyclic) bond motifs is 1. The van der Waals surface area contributed by atoms with Crippen LogP contribution in [-0.2, 0) is 11.8 Å². The molecule has 1 aliphatic carbocycles.